The SMILES string of the molecule is COC(=O)CSc1cc(F)c(Br)cc1N. The average Bonchev–Trinajstić information content (AvgIpc) is 2.21. The Labute approximate surface area is 99.3 Å². The number of rotatable bonds is 3. The summed E-state index contributed by atoms with van der Waals surface area (Å²) in [7, 11) is 1.30. The fraction of sp³-hybridized carbons (Fsp3) is 0.222. The van der Waals surface area contributed by atoms with E-state index in [9.17, 15) is 9.18 Å². The van der Waals surface area contributed by atoms with Crippen molar-refractivity contribution in [3.8, 4) is 0 Å². The number of benzene rings is 1. The van der Waals surface area contributed by atoms with Gasteiger partial charge < -0.3 is 10.5 Å². The van der Waals surface area contributed by atoms with Crippen LogP contribution in [-0.4, -0.2) is 18.8 Å². The smallest absolute Gasteiger partial charge is 0.315 e. The number of anilines is 1. The number of hydrogen-bond donors (Lipinski definition) is 1. The van der Waals surface area contributed by atoms with Gasteiger partial charge in [0.1, 0.15) is 5.82 Å². The quantitative estimate of drug-likeness (QED) is 0.528. The molecule has 0 spiro atoms. The van der Waals surface area contributed by atoms with Gasteiger partial charge >= 0.3 is 5.97 Å². The van der Waals surface area contributed by atoms with Crippen LogP contribution < -0.4 is 5.73 Å². The van der Waals surface area contributed by atoms with Gasteiger partial charge in [-0.3, -0.25) is 4.79 Å². The molecule has 3 nitrogen and oxygen atoms in total. The van der Waals surface area contributed by atoms with Gasteiger partial charge in [-0.05, 0) is 28.1 Å². The minimum absolute atomic E-state index is 0.113. The van der Waals surface area contributed by atoms with Crippen LogP contribution in [0.4, 0.5) is 10.1 Å². The monoisotopic (exact) mass is 293 g/mol. The number of hydrogen-bond acceptors (Lipinski definition) is 4. The Morgan fingerprint density at radius 3 is 2.93 bits per heavy atom. The Balaban J connectivity index is 2.77. The van der Waals surface area contributed by atoms with Crippen LogP contribution in [0, 0.1) is 5.82 Å². The number of nitrogen functional groups attached to an aromatic ring is 1. The Bertz CT molecular complexity index is 387. The highest BCUT2D eigenvalue weighted by Crippen LogP contribution is 2.30. The number of thioether (sulfide) groups is 1. The van der Waals surface area contributed by atoms with Gasteiger partial charge in [-0.2, -0.15) is 0 Å². The molecule has 1 rings (SSSR count). The molecule has 0 bridgehead atoms. The minimum atomic E-state index is -0.406. The topological polar surface area (TPSA) is 52.3 Å². The largest absolute Gasteiger partial charge is 0.468 e. The highest BCUT2D eigenvalue weighted by atomic mass is 79.9. The lowest BCUT2D eigenvalue weighted by molar-refractivity contribution is -0.137. The van der Waals surface area contributed by atoms with Crippen LogP contribution in [0.25, 0.3) is 0 Å². The highest BCUT2D eigenvalue weighted by Gasteiger charge is 2.08. The lowest BCUT2D eigenvalue weighted by Gasteiger charge is -2.05. The molecule has 0 atom stereocenters. The summed E-state index contributed by atoms with van der Waals surface area (Å²) in [5, 5.41) is 0. The molecule has 1 aromatic rings. The van der Waals surface area contributed by atoms with Crippen molar-refractivity contribution in [3.05, 3.63) is 22.4 Å². The molecule has 0 unspecified atom stereocenters. The zero-order valence-electron chi connectivity index (χ0n) is 7.92. The van der Waals surface area contributed by atoms with Crippen LogP contribution in [0.3, 0.4) is 0 Å². The third-order valence-corrected chi connectivity index (χ3v) is 3.28. The van der Waals surface area contributed by atoms with Gasteiger partial charge in [-0.25, -0.2) is 4.39 Å². The van der Waals surface area contributed by atoms with Crippen LogP contribution in [0.2, 0.25) is 0 Å². The van der Waals surface area contributed by atoms with E-state index in [1.54, 1.807) is 0 Å². The number of ether oxygens (including phenoxy) is 1. The van der Waals surface area contributed by atoms with Crippen molar-refractivity contribution < 1.29 is 13.9 Å². The number of carbonyl (C=O) groups is 1. The number of nitrogens with two attached hydrogens (primary N) is 1. The molecule has 6 heteroatoms. The maximum absolute atomic E-state index is 13.1. The number of esters is 1. The standard InChI is InChI=1S/C9H9BrFNO2S/c1-14-9(13)4-15-8-3-6(11)5(10)2-7(8)12/h2-3H,4,12H2,1H3. The van der Waals surface area contributed by atoms with E-state index in [2.05, 4.69) is 20.7 Å². The van der Waals surface area contributed by atoms with E-state index in [1.807, 2.05) is 0 Å². The van der Waals surface area contributed by atoms with Crippen LogP contribution in [0.1, 0.15) is 0 Å². The summed E-state index contributed by atoms with van der Waals surface area (Å²) in [6.45, 7) is 0. The van der Waals surface area contributed by atoms with E-state index < -0.39 is 5.82 Å². The molecule has 0 aliphatic carbocycles. The molecule has 2 N–H and O–H groups in total. The van der Waals surface area contributed by atoms with Crippen LogP contribution in [0.5, 0.6) is 0 Å². The van der Waals surface area contributed by atoms with Gasteiger partial charge in [0.25, 0.3) is 0 Å². The van der Waals surface area contributed by atoms with Crippen LogP contribution in [0.15, 0.2) is 21.5 Å². The third-order valence-electron chi connectivity index (χ3n) is 1.63. The Kier molecular flexibility index (Phi) is 4.41. The highest BCUT2D eigenvalue weighted by molar-refractivity contribution is 9.10. The first kappa shape index (κ1) is 12.3. The van der Waals surface area contributed by atoms with E-state index >= 15 is 0 Å². The Morgan fingerprint density at radius 1 is 1.67 bits per heavy atom. The second kappa shape index (κ2) is 5.37. The summed E-state index contributed by atoms with van der Waals surface area (Å²) in [5.74, 6) is -0.666. The molecule has 1 aromatic carbocycles. The summed E-state index contributed by atoms with van der Waals surface area (Å²) in [6.07, 6.45) is 0. The zero-order chi connectivity index (χ0) is 11.4. The number of methoxy groups -OCH3 is 1. The van der Waals surface area contributed by atoms with E-state index in [0.717, 1.165) is 11.8 Å². The summed E-state index contributed by atoms with van der Waals surface area (Å²) < 4.78 is 17.9. The fourth-order valence-corrected chi connectivity index (χ4v) is 2.03. The van der Waals surface area contributed by atoms with Crippen molar-refractivity contribution in [2.24, 2.45) is 0 Å². The van der Waals surface area contributed by atoms with Gasteiger partial charge in [0.2, 0.25) is 0 Å². The summed E-state index contributed by atoms with van der Waals surface area (Å²) in [6, 6.07) is 2.75. The predicted molar refractivity (Wildman–Crippen MR) is 61.3 cm³/mol. The predicted octanol–water partition coefficient (Wildman–Crippen LogP) is 2.44. The molecule has 0 heterocycles. The number of halogens is 2. The fourth-order valence-electron chi connectivity index (χ4n) is 0.865. The lowest BCUT2D eigenvalue weighted by atomic mass is 10.3. The number of carbonyl (C=O) groups excluding carboxylic acids is 1. The van der Waals surface area contributed by atoms with Gasteiger partial charge in [0, 0.05) is 10.6 Å². The van der Waals surface area contributed by atoms with Crippen molar-refractivity contribution in [3.63, 3.8) is 0 Å². The third kappa shape index (κ3) is 3.39. The average molecular weight is 294 g/mol. The Morgan fingerprint density at radius 2 is 2.33 bits per heavy atom. The molecule has 0 radical (unpaired) electrons. The second-order valence-corrected chi connectivity index (χ2v) is 4.54. The molecule has 0 amide bonds. The van der Waals surface area contributed by atoms with E-state index in [4.69, 9.17) is 5.73 Å². The van der Waals surface area contributed by atoms with Crippen LogP contribution in [-0.2, 0) is 9.53 Å². The van der Waals surface area contributed by atoms with Crippen molar-refractivity contribution in [1.29, 1.82) is 0 Å². The molecule has 0 saturated carbocycles. The van der Waals surface area contributed by atoms with Crippen LogP contribution >= 0.6 is 27.7 Å². The molecular formula is C9H9BrFNO2S. The molecular weight excluding hydrogens is 285 g/mol. The van der Waals surface area contributed by atoms with Crippen molar-refractivity contribution in [2.45, 2.75) is 4.90 Å². The van der Waals surface area contributed by atoms with Crippen molar-refractivity contribution in [2.75, 3.05) is 18.6 Å². The second-order valence-electron chi connectivity index (χ2n) is 2.67. The lowest BCUT2D eigenvalue weighted by Crippen LogP contribution is -2.03. The summed E-state index contributed by atoms with van der Waals surface area (Å²) in [4.78, 5) is 11.4. The molecule has 0 aliphatic heterocycles. The van der Waals surface area contributed by atoms with Crippen molar-refractivity contribution in [1.82, 2.24) is 0 Å². The molecule has 15 heavy (non-hydrogen) atoms. The first-order chi connectivity index (χ1) is 7.04. The maximum Gasteiger partial charge on any atom is 0.315 e. The summed E-state index contributed by atoms with van der Waals surface area (Å²) >= 11 is 4.16. The normalized spacial score (nSPS) is 10.1. The van der Waals surface area contributed by atoms with E-state index in [1.165, 1.54) is 19.2 Å². The minimum Gasteiger partial charge on any atom is -0.468 e. The van der Waals surface area contributed by atoms with E-state index in [-0.39, 0.29) is 11.7 Å². The molecule has 0 aliphatic rings. The summed E-state index contributed by atoms with van der Waals surface area (Å²) in [5.41, 5.74) is 6.08. The molecule has 0 fully saturated rings. The van der Waals surface area contributed by atoms with Gasteiger partial charge in [0.15, 0.2) is 0 Å². The zero-order valence-corrected chi connectivity index (χ0v) is 10.3. The molecule has 0 aromatic heterocycles. The van der Waals surface area contributed by atoms with E-state index in [0.29, 0.717) is 15.1 Å². The Hall–Kier alpha value is -0.750. The molecule has 0 saturated heterocycles. The first-order valence-corrected chi connectivity index (χ1v) is 5.76. The van der Waals surface area contributed by atoms with Gasteiger partial charge in [-0.1, -0.05) is 0 Å². The maximum atomic E-state index is 13.1. The van der Waals surface area contributed by atoms with Gasteiger partial charge in [-0.15, -0.1) is 11.8 Å². The van der Waals surface area contributed by atoms with Crippen molar-refractivity contribution >= 4 is 39.3 Å². The molecule has 82 valence electrons. The van der Waals surface area contributed by atoms with Gasteiger partial charge in [0.05, 0.1) is 17.3 Å². The first-order valence-electron chi connectivity index (χ1n) is 3.98.